The van der Waals surface area contributed by atoms with E-state index in [0.717, 1.165) is 5.69 Å². The molecule has 0 saturated carbocycles. The van der Waals surface area contributed by atoms with Crippen LogP contribution in [0.1, 0.15) is 5.69 Å². The van der Waals surface area contributed by atoms with Gasteiger partial charge in [-0.3, -0.25) is 14.6 Å². The van der Waals surface area contributed by atoms with Crippen LogP contribution in [-0.4, -0.2) is 46.4 Å². The fraction of sp³-hybridized carbons (Fsp3) is 0.417. The minimum Gasteiger partial charge on any atom is -0.354 e. The summed E-state index contributed by atoms with van der Waals surface area (Å²) in [6.45, 7) is 0.707. The molecule has 2 rings (SSSR count). The van der Waals surface area contributed by atoms with Crippen molar-refractivity contribution in [3.05, 3.63) is 30.1 Å². The zero-order valence-corrected chi connectivity index (χ0v) is 10.8. The Hall–Kier alpha value is -1.56. The zero-order chi connectivity index (χ0) is 12.8. The Morgan fingerprint density at radius 3 is 3.06 bits per heavy atom. The third kappa shape index (κ3) is 3.73. The van der Waals surface area contributed by atoms with Crippen molar-refractivity contribution >= 4 is 23.6 Å². The summed E-state index contributed by atoms with van der Waals surface area (Å²) in [5.74, 6) is 1.04. The number of hydrogen-bond acceptors (Lipinski definition) is 4. The number of pyridine rings is 1. The normalized spacial score (nSPS) is 14.9. The Bertz CT molecular complexity index is 425. The van der Waals surface area contributed by atoms with Gasteiger partial charge in [-0.25, -0.2) is 0 Å². The molecule has 1 aliphatic heterocycles. The minimum atomic E-state index is -0.109. The van der Waals surface area contributed by atoms with Crippen LogP contribution in [-0.2, 0) is 16.0 Å². The fourth-order valence-corrected chi connectivity index (χ4v) is 2.55. The minimum absolute atomic E-state index is 0.0416. The van der Waals surface area contributed by atoms with Gasteiger partial charge in [-0.2, -0.15) is 0 Å². The van der Waals surface area contributed by atoms with Crippen molar-refractivity contribution in [1.29, 1.82) is 0 Å². The number of carbonyl (C=O) groups is 2. The van der Waals surface area contributed by atoms with E-state index in [1.165, 1.54) is 11.8 Å². The standard InChI is InChI=1S/C12H15N3O2S/c16-11(7-15-9-18-8-12(15)17)14-6-4-10-3-1-2-5-13-10/h1-3,5H,4,6-9H2,(H,14,16). The molecular weight excluding hydrogens is 250 g/mol. The molecule has 1 saturated heterocycles. The van der Waals surface area contributed by atoms with Crippen LogP contribution in [0.2, 0.25) is 0 Å². The van der Waals surface area contributed by atoms with Gasteiger partial charge in [-0.1, -0.05) is 6.07 Å². The van der Waals surface area contributed by atoms with E-state index in [4.69, 9.17) is 0 Å². The summed E-state index contributed by atoms with van der Waals surface area (Å²) in [5, 5.41) is 2.80. The molecule has 1 N–H and O–H groups in total. The molecule has 1 aliphatic rings. The van der Waals surface area contributed by atoms with Crippen LogP contribution in [0.25, 0.3) is 0 Å². The van der Waals surface area contributed by atoms with Crippen molar-refractivity contribution in [3.63, 3.8) is 0 Å². The van der Waals surface area contributed by atoms with Crippen LogP contribution < -0.4 is 5.32 Å². The van der Waals surface area contributed by atoms with Crippen LogP contribution in [0, 0.1) is 0 Å². The number of rotatable bonds is 5. The summed E-state index contributed by atoms with van der Waals surface area (Å²) in [6.07, 6.45) is 2.44. The van der Waals surface area contributed by atoms with Crippen molar-refractivity contribution in [2.24, 2.45) is 0 Å². The van der Waals surface area contributed by atoms with Crippen LogP contribution in [0.4, 0.5) is 0 Å². The van der Waals surface area contributed by atoms with E-state index in [0.29, 0.717) is 24.6 Å². The predicted octanol–water partition coefficient (Wildman–Crippen LogP) is 0.273. The van der Waals surface area contributed by atoms with E-state index in [-0.39, 0.29) is 18.4 Å². The summed E-state index contributed by atoms with van der Waals surface area (Å²) >= 11 is 1.54. The first-order valence-electron chi connectivity index (χ1n) is 5.78. The number of aromatic nitrogens is 1. The molecule has 0 unspecified atom stereocenters. The summed E-state index contributed by atoms with van der Waals surface area (Å²) < 4.78 is 0. The molecule has 5 nitrogen and oxygen atoms in total. The van der Waals surface area contributed by atoms with Crippen LogP contribution >= 0.6 is 11.8 Å². The molecule has 0 aromatic carbocycles. The molecule has 0 radical (unpaired) electrons. The van der Waals surface area contributed by atoms with Gasteiger partial charge in [-0.05, 0) is 12.1 Å². The van der Waals surface area contributed by atoms with E-state index in [2.05, 4.69) is 10.3 Å². The van der Waals surface area contributed by atoms with Crippen LogP contribution in [0.5, 0.6) is 0 Å². The van der Waals surface area contributed by atoms with Crippen molar-refractivity contribution in [1.82, 2.24) is 15.2 Å². The third-order valence-corrected chi connectivity index (χ3v) is 3.53. The lowest BCUT2D eigenvalue weighted by Gasteiger charge is -2.13. The molecule has 1 aromatic rings. The van der Waals surface area contributed by atoms with Gasteiger partial charge in [0.15, 0.2) is 0 Å². The van der Waals surface area contributed by atoms with Gasteiger partial charge in [-0.15, -0.1) is 11.8 Å². The number of nitrogens with zero attached hydrogens (tertiary/aromatic N) is 2. The fourth-order valence-electron chi connectivity index (χ4n) is 1.65. The summed E-state index contributed by atoms with van der Waals surface area (Å²) in [5.41, 5.74) is 0.950. The first kappa shape index (κ1) is 12.9. The SMILES string of the molecule is O=C(CN1CSCC1=O)NCCc1ccccn1. The highest BCUT2D eigenvalue weighted by Gasteiger charge is 2.22. The largest absolute Gasteiger partial charge is 0.354 e. The van der Waals surface area contributed by atoms with Crippen molar-refractivity contribution in [3.8, 4) is 0 Å². The van der Waals surface area contributed by atoms with E-state index < -0.39 is 0 Å². The van der Waals surface area contributed by atoms with E-state index in [1.54, 1.807) is 11.1 Å². The van der Waals surface area contributed by atoms with Crippen molar-refractivity contribution in [2.75, 3.05) is 24.7 Å². The first-order chi connectivity index (χ1) is 8.75. The van der Waals surface area contributed by atoms with Gasteiger partial charge in [0.05, 0.1) is 11.6 Å². The maximum atomic E-state index is 11.6. The lowest BCUT2D eigenvalue weighted by Crippen LogP contribution is -2.38. The van der Waals surface area contributed by atoms with Gasteiger partial charge in [0.25, 0.3) is 0 Å². The topological polar surface area (TPSA) is 62.3 Å². The second kappa shape index (κ2) is 6.39. The highest BCUT2D eigenvalue weighted by atomic mass is 32.2. The molecule has 0 aliphatic carbocycles. The average Bonchev–Trinajstić information content (AvgIpc) is 2.76. The monoisotopic (exact) mass is 265 g/mol. The van der Waals surface area contributed by atoms with E-state index in [1.807, 2.05) is 18.2 Å². The Kier molecular flexibility index (Phi) is 4.58. The smallest absolute Gasteiger partial charge is 0.239 e. The van der Waals surface area contributed by atoms with Crippen molar-refractivity contribution < 1.29 is 9.59 Å². The second-order valence-electron chi connectivity index (χ2n) is 3.99. The van der Waals surface area contributed by atoms with Gasteiger partial charge in [0.2, 0.25) is 11.8 Å². The number of carbonyl (C=O) groups excluding carboxylic acids is 2. The molecule has 18 heavy (non-hydrogen) atoms. The highest BCUT2D eigenvalue weighted by Crippen LogP contribution is 2.13. The predicted molar refractivity (Wildman–Crippen MR) is 70.0 cm³/mol. The van der Waals surface area contributed by atoms with Gasteiger partial charge >= 0.3 is 0 Å². The molecule has 96 valence electrons. The summed E-state index contributed by atoms with van der Waals surface area (Å²) in [6, 6.07) is 5.70. The molecule has 0 atom stereocenters. The zero-order valence-electron chi connectivity index (χ0n) is 9.96. The highest BCUT2D eigenvalue weighted by molar-refractivity contribution is 8.00. The van der Waals surface area contributed by atoms with Gasteiger partial charge < -0.3 is 10.2 Å². The molecular formula is C12H15N3O2S. The van der Waals surface area contributed by atoms with E-state index in [9.17, 15) is 9.59 Å². The Morgan fingerprint density at radius 2 is 2.39 bits per heavy atom. The molecule has 1 fully saturated rings. The summed E-state index contributed by atoms with van der Waals surface area (Å²) in [7, 11) is 0. The first-order valence-corrected chi connectivity index (χ1v) is 6.93. The van der Waals surface area contributed by atoms with Crippen LogP contribution in [0.15, 0.2) is 24.4 Å². The van der Waals surface area contributed by atoms with Crippen LogP contribution in [0.3, 0.4) is 0 Å². The average molecular weight is 265 g/mol. The van der Waals surface area contributed by atoms with Crippen molar-refractivity contribution in [2.45, 2.75) is 6.42 Å². The molecule has 6 heteroatoms. The quantitative estimate of drug-likeness (QED) is 0.830. The Balaban J connectivity index is 1.67. The number of hydrogen-bond donors (Lipinski definition) is 1. The Morgan fingerprint density at radius 1 is 1.50 bits per heavy atom. The molecule has 0 spiro atoms. The van der Waals surface area contributed by atoms with E-state index >= 15 is 0 Å². The lowest BCUT2D eigenvalue weighted by molar-refractivity contribution is -0.132. The Labute approximate surface area is 110 Å². The number of thioether (sulfide) groups is 1. The second-order valence-corrected chi connectivity index (χ2v) is 4.95. The molecule has 0 bridgehead atoms. The summed E-state index contributed by atoms with van der Waals surface area (Å²) in [4.78, 5) is 28.7. The van der Waals surface area contributed by atoms with Gasteiger partial charge in [0, 0.05) is 24.9 Å². The maximum Gasteiger partial charge on any atom is 0.239 e. The third-order valence-electron chi connectivity index (χ3n) is 2.59. The maximum absolute atomic E-state index is 11.6. The number of nitrogens with one attached hydrogen (secondary N) is 1. The molecule has 1 aromatic heterocycles. The molecule has 2 amide bonds. The van der Waals surface area contributed by atoms with Gasteiger partial charge in [0.1, 0.15) is 6.54 Å². The number of amides is 2. The lowest BCUT2D eigenvalue weighted by atomic mass is 10.3. The molecule has 2 heterocycles.